The molecule has 0 spiro atoms. The highest BCUT2D eigenvalue weighted by molar-refractivity contribution is 5.03. The van der Waals surface area contributed by atoms with Crippen molar-refractivity contribution >= 4 is 0 Å². The first-order valence-corrected chi connectivity index (χ1v) is 8.58. The molecule has 2 nitrogen and oxygen atoms in total. The zero-order valence-electron chi connectivity index (χ0n) is 15.3. The van der Waals surface area contributed by atoms with E-state index >= 15 is 0 Å². The van der Waals surface area contributed by atoms with Gasteiger partial charge in [0.15, 0.2) is 0 Å². The van der Waals surface area contributed by atoms with Crippen LogP contribution < -0.4 is 11.1 Å². The lowest BCUT2D eigenvalue weighted by atomic mass is 9.81. The Balaban J connectivity index is 4.33. The molecule has 126 valence electrons. The van der Waals surface area contributed by atoms with Crippen LogP contribution in [0.5, 0.6) is 0 Å². The van der Waals surface area contributed by atoms with E-state index in [1.165, 1.54) is 25.7 Å². The molecule has 2 unspecified atom stereocenters. The summed E-state index contributed by atoms with van der Waals surface area (Å²) >= 11 is 0. The van der Waals surface area contributed by atoms with E-state index < -0.39 is 0 Å². The molecule has 0 aliphatic heterocycles. The molecule has 22 heavy (non-hydrogen) atoms. The van der Waals surface area contributed by atoms with Gasteiger partial charge in [0.25, 0.3) is 0 Å². The van der Waals surface area contributed by atoms with Gasteiger partial charge in [0, 0.05) is 17.2 Å². The summed E-state index contributed by atoms with van der Waals surface area (Å²) in [6.45, 7) is 14.2. The first-order chi connectivity index (χ1) is 10.3. The quantitative estimate of drug-likeness (QED) is 0.417. The molecule has 0 aliphatic carbocycles. The van der Waals surface area contributed by atoms with Crippen molar-refractivity contribution in [1.29, 1.82) is 0 Å². The van der Waals surface area contributed by atoms with Gasteiger partial charge in [-0.15, -0.1) is 5.92 Å². The molecule has 0 aliphatic rings. The third kappa shape index (κ3) is 11.5. The van der Waals surface area contributed by atoms with E-state index in [2.05, 4.69) is 50.6 Å². The van der Waals surface area contributed by atoms with Crippen LogP contribution in [0.1, 0.15) is 73.1 Å². The van der Waals surface area contributed by atoms with Gasteiger partial charge in [0.05, 0.1) is 0 Å². The van der Waals surface area contributed by atoms with Crippen molar-refractivity contribution in [1.82, 2.24) is 5.32 Å². The van der Waals surface area contributed by atoms with Gasteiger partial charge >= 0.3 is 0 Å². The predicted octanol–water partition coefficient (Wildman–Crippen LogP) is 4.98. The second kappa shape index (κ2) is 11.4. The number of nitrogens with one attached hydrogen (secondary N) is 1. The van der Waals surface area contributed by atoms with Gasteiger partial charge in [-0.05, 0) is 71.9 Å². The summed E-state index contributed by atoms with van der Waals surface area (Å²) in [4.78, 5) is 0. The fraction of sp³-hybridized carbons (Fsp3) is 0.700. The van der Waals surface area contributed by atoms with Crippen LogP contribution >= 0.6 is 0 Å². The second-order valence-electron chi connectivity index (χ2n) is 6.95. The molecule has 0 aromatic carbocycles. The van der Waals surface area contributed by atoms with Crippen LogP contribution in [0.2, 0.25) is 0 Å². The lowest BCUT2D eigenvalue weighted by molar-refractivity contribution is 0.306. The van der Waals surface area contributed by atoms with Gasteiger partial charge in [0.2, 0.25) is 0 Å². The van der Waals surface area contributed by atoms with Gasteiger partial charge in [0.1, 0.15) is 0 Å². The molecule has 0 aromatic rings. The minimum Gasteiger partial charge on any atom is -0.366 e. The molecule has 0 aromatic heterocycles. The maximum absolute atomic E-state index is 6.13. The number of hydrogen-bond acceptors (Lipinski definition) is 2. The van der Waals surface area contributed by atoms with Crippen molar-refractivity contribution in [3.63, 3.8) is 0 Å². The van der Waals surface area contributed by atoms with E-state index in [1.54, 1.807) is 0 Å². The maximum Gasteiger partial charge on any atom is 0.0231 e. The van der Waals surface area contributed by atoms with E-state index in [9.17, 15) is 0 Å². The normalized spacial score (nSPS) is 14.3. The Morgan fingerprint density at radius 1 is 1.36 bits per heavy atom. The molecule has 3 N–H and O–H groups in total. The van der Waals surface area contributed by atoms with Crippen molar-refractivity contribution in [2.75, 3.05) is 0 Å². The molecule has 0 rings (SSSR count). The molecule has 0 heterocycles. The van der Waals surface area contributed by atoms with Crippen LogP contribution in [0.25, 0.3) is 0 Å². The number of unbranched alkanes of at least 4 members (excludes halogenated alkanes) is 1. The smallest absolute Gasteiger partial charge is 0.0231 e. The fourth-order valence-electron chi connectivity index (χ4n) is 2.60. The molecule has 0 bridgehead atoms. The molecule has 0 saturated carbocycles. The second-order valence-corrected chi connectivity index (χ2v) is 6.95. The number of allylic oxidation sites excluding steroid dienone is 2. The lowest BCUT2D eigenvalue weighted by Gasteiger charge is -2.26. The van der Waals surface area contributed by atoms with E-state index in [0.29, 0.717) is 11.8 Å². The predicted molar refractivity (Wildman–Crippen MR) is 99.2 cm³/mol. The summed E-state index contributed by atoms with van der Waals surface area (Å²) in [5.41, 5.74) is 7.03. The fourth-order valence-corrected chi connectivity index (χ4v) is 2.60. The van der Waals surface area contributed by atoms with Crippen molar-refractivity contribution in [2.45, 2.75) is 78.7 Å². The minimum absolute atomic E-state index is 0.0748. The third-order valence-electron chi connectivity index (χ3n) is 3.92. The Hall–Kier alpha value is -1.20. The van der Waals surface area contributed by atoms with Crippen molar-refractivity contribution < 1.29 is 0 Å². The average Bonchev–Trinajstić information content (AvgIpc) is 2.41. The highest BCUT2D eigenvalue weighted by Crippen LogP contribution is 2.27. The van der Waals surface area contributed by atoms with Crippen LogP contribution in [0.15, 0.2) is 24.6 Å². The molecule has 0 fully saturated rings. The summed E-state index contributed by atoms with van der Waals surface area (Å²) in [5, 5.41) is 3.11. The Bertz CT molecular complexity index is 390. The SMILES string of the molecule is C=C(C)N/C=C/CCCC(C#CC)C(CC)CCC(C)(C)N. The summed E-state index contributed by atoms with van der Waals surface area (Å²) < 4.78 is 0. The lowest BCUT2D eigenvalue weighted by Crippen LogP contribution is -2.32. The Morgan fingerprint density at radius 2 is 2.05 bits per heavy atom. The Morgan fingerprint density at radius 3 is 2.55 bits per heavy atom. The van der Waals surface area contributed by atoms with Crippen molar-refractivity contribution in [2.24, 2.45) is 17.6 Å². The summed E-state index contributed by atoms with van der Waals surface area (Å²) in [5.74, 6) is 7.72. The molecular weight excluding hydrogens is 268 g/mol. The Labute approximate surface area is 138 Å². The van der Waals surface area contributed by atoms with Crippen molar-refractivity contribution in [3.05, 3.63) is 24.6 Å². The third-order valence-corrected chi connectivity index (χ3v) is 3.92. The highest BCUT2D eigenvalue weighted by atomic mass is 14.8. The summed E-state index contributed by atoms with van der Waals surface area (Å²) in [6.07, 6.45) is 11.0. The van der Waals surface area contributed by atoms with Crippen LogP contribution in [0.3, 0.4) is 0 Å². The largest absolute Gasteiger partial charge is 0.366 e. The van der Waals surface area contributed by atoms with Crippen LogP contribution in [-0.4, -0.2) is 5.54 Å². The molecular formula is C20H36N2. The van der Waals surface area contributed by atoms with Crippen LogP contribution in [0, 0.1) is 23.7 Å². The zero-order valence-corrected chi connectivity index (χ0v) is 15.3. The van der Waals surface area contributed by atoms with Gasteiger partial charge in [-0.25, -0.2) is 0 Å². The van der Waals surface area contributed by atoms with Gasteiger partial charge in [-0.1, -0.05) is 31.9 Å². The van der Waals surface area contributed by atoms with E-state index in [0.717, 1.165) is 18.5 Å². The van der Waals surface area contributed by atoms with E-state index in [-0.39, 0.29) is 5.54 Å². The topological polar surface area (TPSA) is 38.0 Å². The number of nitrogens with two attached hydrogens (primary N) is 1. The van der Waals surface area contributed by atoms with E-state index in [1.807, 2.05) is 20.0 Å². The van der Waals surface area contributed by atoms with Crippen LogP contribution in [0.4, 0.5) is 0 Å². The Kier molecular flexibility index (Phi) is 10.8. The molecule has 2 heteroatoms. The summed E-state index contributed by atoms with van der Waals surface area (Å²) in [7, 11) is 0. The van der Waals surface area contributed by atoms with Gasteiger partial charge in [-0.3, -0.25) is 0 Å². The zero-order chi connectivity index (χ0) is 17.0. The number of rotatable bonds is 11. The van der Waals surface area contributed by atoms with E-state index in [4.69, 9.17) is 5.73 Å². The van der Waals surface area contributed by atoms with Gasteiger partial charge < -0.3 is 11.1 Å². The molecule has 0 amide bonds. The standard InChI is InChI=1S/C20H36N2/c1-7-12-19(13-10-9-11-16-22-17(3)4)18(8-2)14-15-20(5,6)21/h11,16,18-19,22H,3,8-10,13-15,21H2,1-2,4-6H3/b16-11+. The average molecular weight is 305 g/mol. The molecule has 0 saturated heterocycles. The number of hydrogen-bond donors (Lipinski definition) is 2. The minimum atomic E-state index is -0.0748. The summed E-state index contributed by atoms with van der Waals surface area (Å²) in [6, 6.07) is 0. The molecule has 2 atom stereocenters. The van der Waals surface area contributed by atoms with Crippen molar-refractivity contribution in [3.8, 4) is 11.8 Å². The maximum atomic E-state index is 6.13. The molecule has 0 radical (unpaired) electrons. The first-order valence-electron chi connectivity index (χ1n) is 8.58. The highest BCUT2D eigenvalue weighted by Gasteiger charge is 2.20. The first kappa shape index (κ1) is 20.8. The monoisotopic (exact) mass is 304 g/mol. The van der Waals surface area contributed by atoms with Crippen LogP contribution in [-0.2, 0) is 0 Å². The van der Waals surface area contributed by atoms with Gasteiger partial charge in [-0.2, -0.15) is 0 Å².